The molecule has 0 heterocycles. The van der Waals surface area contributed by atoms with E-state index in [0.29, 0.717) is 16.7 Å². The number of carbonyl (C=O) groups is 2. The van der Waals surface area contributed by atoms with Gasteiger partial charge >= 0.3 is 5.97 Å². The molecular formula is C17H16O3. The average molecular weight is 268 g/mol. The second-order valence-electron chi connectivity index (χ2n) is 4.67. The van der Waals surface area contributed by atoms with Crippen molar-refractivity contribution >= 4 is 11.8 Å². The average Bonchev–Trinajstić information content (AvgIpc) is 2.48. The Kier molecular flexibility index (Phi) is 3.99. The van der Waals surface area contributed by atoms with Crippen molar-refractivity contribution in [2.45, 2.75) is 13.8 Å². The van der Waals surface area contributed by atoms with Crippen molar-refractivity contribution in [2.24, 2.45) is 0 Å². The summed E-state index contributed by atoms with van der Waals surface area (Å²) in [5.41, 5.74) is 3.40. The van der Waals surface area contributed by atoms with Gasteiger partial charge in [-0.3, -0.25) is 4.79 Å². The Bertz CT molecular complexity index is 672. The van der Waals surface area contributed by atoms with Gasteiger partial charge in [0.1, 0.15) is 0 Å². The van der Waals surface area contributed by atoms with Gasteiger partial charge in [0.15, 0.2) is 5.78 Å². The summed E-state index contributed by atoms with van der Waals surface area (Å²) < 4.78 is 4.71. The van der Waals surface area contributed by atoms with Gasteiger partial charge in [0.05, 0.1) is 12.7 Å². The summed E-state index contributed by atoms with van der Waals surface area (Å²) in [6.07, 6.45) is 0. The van der Waals surface area contributed by atoms with Gasteiger partial charge in [-0.1, -0.05) is 30.3 Å². The van der Waals surface area contributed by atoms with Crippen molar-refractivity contribution in [3.8, 4) is 0 Å². The van der Waals surface area contributed by atoms with E-state index in [9.17, 15) is 9.59 Å². The fraction of sp³-hybridized carbons (Fsp3) is 0.176. The molecule has 0 aliphatic rings. The first-order chi connectivity index (χ1) is 9.54. The maximum absolute atomic E-state index is 12.5. The summed E-state index contributed by atoms with van der Waals surface area (Å²) in [7, 11) is 1.31. The first-order valence-electron chi connectivity index (χ1n) is 6.34. The first kappa shape index (κ1) is 14.0. The highest BCUT2D eigenvalue weighted by Gasteiger charge is 2.18. The molecule has 3 heteroatoms. The van der Waals surface area contributed by atoms with Crippen molar-refractivity contribution in [3.05, 3.63) is 70.3 Å². The van der Waals surface area contributed by atoms with E-state index in [-0.39, 0.29) is 5.78 Å². The number of rotatable bonds is 3. The molecular weight excluding hydrogens is 252 g/mol. The number of hydrogen-bond acceptors (Lipinski definition) is 3. The Hall–Kier alpha value is -2.42. The number of ketones is 1. The topological polar surface area (TPSA) is 43.4 Å². The van der Waals surface area contributed by atoms with Gasteiger partial charge in [-0.05, 0) is 37.1 Å². The zero-order valence-electron chi connectivity index (χ0n) is 11.8. The van der Waals surface area contributed by atoms with Gasteiger partial charge in [0.2, 0.25) is 0 Å². The third kappa shape index (κ3) is 2.62. The van der Waals surface area contributed by atoms with Crippen LogP contribution in [0.2, 0.25) is 0 Å². The van der Waals surface area contributed by atoms with Gasteiger partial charge < -0.3 is 4.74 Å². The van der Waals surface area contributed by atoms with Crippen LogP contribution >= 0.6 is 0 Å². The molecule has 0 saturated heterocycles. The quantitative estimate of drug-likeness (QED) is 0.633. The van der Waals surface area contributed by atoms with Crippen molar-refractivity contribution in [3.63, 3.8) is 0 Å². The molecule has 0 saturated carbocycles. The normalized spacial score (nSPS) is 10.2. The predicted molar refractivity (Wildman–Crippen MR) is 77.1 cm³/mol. The summed E-state index contributed by atoms with van der Waals surface area (Å²) in [5.74, 6) is -0.674. The molecule has 20 heavy (non-hydrogen) atoms. The summed E-state index contributed by atoms with van der Waals surface area (Å²) >= 11 is 0. The minimum Gasteiger partial charge on any atom is -0.465 e. The van der Waals surface area contributed by atoms with Gasteiger partial charge in [-0.2, -0.15) is 0 Å². The summed E-state index contributed by atoms with van der Waals surface area (Å²) in [6.45, 7) is 3.95. The van der Waals surface area contributed by atoms with Crippen LogP contribution in [0.15, 0.2) is 42.5 Å². The van der Waals surface area contributed by atoms with Crippen molar-refractivity contribution in [1.29, 1.82) is 0 Å². The molecule has 0 spiro atoms. The molecule has 0 N–H and O–H groups in total. The summed E-state index contributed by atoms with van der Waals surface area (Å²) in [5, 5.41) is 0. The largest absolute Gasteiger partial charge is 0.465 e. The minimum atomic E-state index is -0.502. The highest BCUT2D eigenvalue weighted by atomic mass is 16.5. The van der Waals surface area contributed by atoms with Crippen LogP contribution in [0.3, 0.4) is 0 Å². The smallest absolute Gasteiger partial charge is 0.338 e. The van der Waals surface area contributed by atoms with Crippen LogP contribution in [0.1, 0.15) is 37.4 Å². The zero-order valence-corrected chi connectivity index (χ0v) is 11.8. The molecule has 0 bridgehead atoms. The van der Waals surface area contributed by atoms with Crippen LogP contribution in [0, 0.1) is 13.8 Å². The van der Waals surface area contributed by atoms with Crippen molar-refractivity contribution in [2.75, 3.05) is 7.11 Å². The fourth-order valence-corrected chi connectivity index (χ4v) is 2.01. The molecule has 0 fully saturated rings. The highest BCUT2D eigenvalue weighted by Crippen LogP contribution is 2.18. The number of hydrogen-bond donors (Lipinski definition) is 0. The van der Waals surface area contributed by atoms with E-state index in [0.717, 1.165) is 11.1 Å². The molecule has 3 nitrogen and oxygen atoms in total. The fourth-order valence-electron chi connectivity index (χ4n) is 2.01. The lowest BCUT2D eigenvalue weighted by Gasteiger charge is -2.08. The maximum Gasteiger partial charge on any atom is 0.338 e. The molecule has 2 rings (SSSR count). The van der Waals surface area contributed by atoms with E-state index < -0.39 is 5.97 Å². The third-order valence-corrected chi connectivity index (χ3v) is 3.35. The Morgan fingerprint density at radius 3 is 2.15 bits per heavy atom. The number of carbonyl (C=O) groups excluding carboxylic acids is 2. The van der Waals surface area contributed by atoms with E-state index in [4.69, 9.17) is 4.74 Å². The van der Waals surface area contributed by atoms with Gasteiger partial charge in [0, 0.05) is 11.1 Å². The van der Waals surface area contributed by atoms with Crippen LogP contribution in [-0.2, 0) is 4.74 Å². The van der Waals surface area contributed by atoms with E-state index in [1.54, 1.807) is 30.3 Å². The number of aryl methyl sites for hydroxylation is 2. The molecule has 0 aromatic heterocycles. The molecule has 0 amide bonds. The number of ether oxygens (including phenoxy) is 1. The van der Waals surface area contributed by atoms with Crippen LogP contribution < -0.4 is 0 Å². The molecule has 0 atom stereocenters. The molecule has 0 unspecified atom stereocenters. The lowest BCUT2D eigenvalue weighted by molar-refractivity contribution is 0.0597. The van der Waals surface area contributed by atoms with E-state index >= 15 is 0 Å². The number of methoxy groups -OCH3 is 1. The number of esters is 1. The first-order valence-corrected chi connectivity index (χ1v) is 6.34. The molecule has 0 radical (unpaired) electrons. The Morgan fingerprint density at radius 2 is 1.55 bits per heavy atom. The van der Waals surface area contributed by atoms with Gasteiger partial charge in [0.25, 0.3) is 0 Å². The Morgan fingerprint density at radius 1 is 0.900 bits per heavy atom. The Labute approximate surface area is 118 Å². The van der Waals surface area contributed by atoms with E-state index in [1.165, 1.54) is 7.11 Å². The second-order valence-corrected chi connectivity index (χ2v) is 4.67. The minimum absolute atomic E-state index is 0.172. The van der Waals surface area contributed by atoms with Crippen LogP contribution in [0.5, 0.6) is 0 Å². The van der Waals surface area contributed by atoms with E-state index in [2.05, 4.69) is 0 Å². The van der Waals surface area contributed by atoms with Crippen molar-refractivity contribution in [1.82, 2.24) is 0 Å². The van der Waals surface area contributed by atoms with Gasteiger partial charge in [-0.25, -0.2) is 4.79 Å². The van der Waals surface area contributed by atoms with Crippen LogP contribution in [-0.4, -0.2) is 18.9 Å². The maximum atomic E-state index is 12.5. The molecule has 0 aliphatic carbocycles. The predicted octanol–water partition coefficient (Wildman–Crippen LogP) is 3.32. The third-order valence-electron chi connectivity index (χ3n) is 3.35. The zero-order chi connectivity index (χ0) is 14.7. The number of benzene rings is 2. The molecule has 102 valence electrons. The SMILES string of the molecule is COC(=O)c1ccccc1C(=O)c1ccc(C)c(C)c1. The lowest BCUT2D eigenvalue weighted by Crippen LogP contribution is -2.11. The standard InChI is InChI=1S/C17H16O3/c1-11-8-9-13(10-12(11)2)16(18)14-6-4-5-7-15(14)17(19)20-3/h4-10H,1-3H3. The Balaban J connectivity index is 2.48. The molecule has 2 aromatic rings. The monoisotopic (exact) mass is 268 g/mol. The highest BCUT2D eigenvalue weighted by molar-refractivity contribution is 6.14. The molecule has 0 aliphatic heterocycles. The summed E-state index contributed by atoms with van der Waals surface area (Å²) in [4.78, 5) is 24.3. The molecule has 2 aromatic carbocycles. The van der Waals surface area contributed by atoms with Crippen LogP contribution in [0.25, 0.3) is 0 Å². The van der Waals surface area contributed by atoms with Gasteiger partial charge in [-0.15, -0.1) is 0 Å². The van der Waals surface area contributed by atoms with E-state index in [1.807, 2.05) is 26.0 Å². The second kappa shape index (κ2) is 5.70. The summed E-state index contributed by atoms with van der Waals surface area (Å²) in [6, 6.07) is 12.2. The van der Waals surface area contributed by atoms with Crippen molar-refractivity contribution < 1.29 is 14.3 Å². The lowest BCUT2D eigenvalue weighted by atomic mass is 9.96. The van der Waals surface area contributed by atoms with Crippen LogP contribution in [0.4, 0.5) is 0 Å².